The molecule has 0 bridgehead atoms. The molecule has 0 saturated carbocycles. The zero-order valence-corrected chi connectivity index (χ0v) is 19.0. The molecule has 0 radical (unpaired) electrons. The Kier molecular flexibility index (Phi) is 9.69. The van der Waals surface area contributed by atoms with Gasteiger partial charge in [-0.1, -0.05) is 0 Å². The molecule has 1 aromatic heterocycles. The van der Waals surface area contributed by atoms with Crippen molar-refractivity contribution in [3.8, 4) is 0 Å². The predicted octanol–water partition coefficient (Wildman–Crippen LogP) is 3.35. The van der Waals surface area contributed by atoms with E-state index >= 15 is 0 Å². The summed E-state index contributed by atoms with van der Waals surface area (Å²) >= 11 is 3.82. The average Bonchev–Trinajstić information content (AvgIpc) is 3.27. The minimum Gasteiger partial charge on any atom is -0.357 e. The van der Waals surface area contributed by atoms with Gasteiger partial charge >= 0.3 is 0 Å². The Morgan fingerprint density at radius 3 is 2.92 bits per heavy atom. The molecular formula is C17H30IN5S2. The van der Waals surface area contributed by atoms with Gasteiger partial charge in [0.2, 0.25) is 0 Å². The van der Waals surface area contributed by atoms with Crippen molar-refractivity contribution in [1.29, 1.82) is 0 Å². The lowest BCUT2D eigenvalue weighted by Gasteiger charge is -2.24. The van der Waals surface area contributed by atoms with Crippen molar-refractivity contribution in [3.63, 3.8) is 0 Å². The summed E-state index contributed by atoms with van der Waals surface area (Å²) in [6, 6.07) is 0.558. The number of guanidine groups is 1. The Morgan fingerprint density at radius 2 is 2.20 bits per heavy atom. The van der Waals surface area contributed by atoms with Crippen LogP contribution in [0.3, 0.4) is 0 Å². The van der Waals surface area contributed by atoms with E-state index in [0.717, 1.165) is 25.5 Å². The third-order valence-corrected chi connectivity index (χ3v) is 6.57. The fourth-order valence-electron chi connectivity index (χ4n) is 3.11. The highest BCUT2D eigenvalue weighted by Crippen LogP contribution is 2.24. The summed E-state index contributed by atoms with van der Waals surface area (Å²) in [5, 5.41) is 10.3. The van der Waals surface area contributed by atoms with Gasteiger partial charge in [-0.3, -0.25) is 4.99 Å². The smallest absolute Gasteiger partial charge is 0.191 e. The number of hydrogen-bond acceptors (Lipinski definition) is 5. The maximum absolute atomic E-state index is 4.78. The molecule has 2 aliphatic heterocycles. The van der Waals surface area contributed by atoms with Crippen molar-refractivity contribution in [2.75, 3.05) is 42.6 Å². The fourth-order valence-corrected chi connectivity index (χ4v) is 5.10. The SMILES string of the molecule is CCNC(=NCCc1csc(N2CCCC2)n1)NC1CCCSC1.I. The van der Waals surface area contributed by atoms with Gasteiger partial charge in [0.15, 0.2) is 11.1 Å². The summed E-state index contributed by atoms with van der Waals surface area (Å²) in [7, 11) is 0. The van der Waals surface area contributed by atoms with Crippen molar-refractivity contribution >= 4 is 58.2 Å². The van der Waals surface area contributed by atoms with E-state index in [2.05, 4.69) is 27.8 Å². The number of halogens is 1. The van der Waals surface area contributed by atoms with Crippen LogP contribution in [0.25, 0.3) is 0 Å². The van der Waals surface area contributed by atoms with E-state index in [9.17, 15) is 0 Å². The molecule has 2 N–H and O–H groups in total. The van der Waals surface area contributed by atoms with Crippen LogP contribution in [-0.2, 0) is 6.42 Å². The second-order valence-corrected chi connectivity index (χ2v) is 8.37. The molecule has 142 valence electrons. The zero-order chi connectivity index (χ0) is 16.6. The minimum atomic E-state index is 0. The number of thioether (sulfide) groups is 1. The van der Waals surface area contributed by atoms with Gasteiger partial charge in [0, 0.05) is 49.8 Å². The number of aromatic nitrogens is 1. The molecule has 2 aliphatic rings. The second-order valence-electron chi connectivity index (χ2n) is 6.38. The largest absolute Gasteiger partial charge is 0.357 e. The second kappa shape index (κ2) is 11.5. The quantitative estimate of drug-likeness (QED) is 0.360. The van der Waals surface area contributed by atoms with Gasteiger partial charge in [-0.05, 0) is 38.4 Å². The van der Waals surface area contributed by atoms with Crippen LogP contribution in [-0.4, -0.2) is 54.7 Å². The number of aliphatic imine (C=N–C) groups is 1. The lowest BCUT2D eigenvalue weighted by molar-refractivity contribution is 0.582. The van der Waals surface area contributed by atoms with Crippen LogP contribution in [0, 0.1) is 0 Å². The van der Waals surface area contributed by atoms with Gasteiger partial charge in [-0.2, -0.15) is 11.8 Å². The predicted molar refractivity (Wildman–Crippen MR) is 122 cm³/mol. The van der Waals surface area contributed by atoms with Crippen molar-refractivity contribution in [2.45, 2.75) is 45.1 Å². The molecule has 2 saturated heterocycles. The Morgan fingerprint density at radius 1 is 1.36 bits per heavy atom. The number of nitrogens with one attached hydrogen (secondary N) is 2. The average molecular weight is 496 g/mol. The van der Waals surface area contributed by atoms with Crippen molar-refractivity contribution in [2.24, 2.45) is 4.99 Å². The molecule has 5 nitrogen and oxygen atoms in total. The van der Waals surface area contributed by atoms with E-state index in [1.807, 2.05) is 11.8 Å². The monoisotopic (exact) mass is 495 g/mol. The zero-order valence-electron chi connectivity index (χ0n) is 15.0. The van der Waals surface area contributed by atoms with Crippen molar-refractivity contribution in [1.82, 2.24) is 15.6 Å². The number of hydrogen-bond donors (Lipinski definition) is 2. The molecule has 0 aromatic carbocycles. The summed E-state index contributed by atoms with van der Waals surface area (Å²) in [4.78, 5) is 11.9. The minimum absolute atomic E-state index is 0. The highest BCUT2D eigenvalue weighted by Gasteiger charge is 2.16. The molecular weight excluding hydrogens is 465 g/mol. The first kappa shape index (κ1) is 21.1. The number of thiazole rings is 1. The topological polar surface area (TPSA) is 52.6 Å². The molecule has 0 spiro atoms. The summed E-state index contributed by atoms with van der Waals surface area (Å²) < 4.78 is 0. The summed E-state index contributed by atoms with van der Waals surface area (Å²) in [5.74, 6) is 3.45. The van der Waals surface area contributed by atoms with Crippen LogP contribution in [0.2, 0.25) is 0 Å². The van der Waals surface area contributed by atoms with Crippen LogP contribution in [0.4, 0.5) is 5.13 Å². The number of anilines is 1. The Hall–Kier alpha value is -0.220. The Labute approximate surface area is 176 Å². The van der Waals surface area contributed by atoms with E-state index < -0.39 is 0 Å². The molecule has 1 atom stereocenters. The highest BCUT2D eigenvalue weighted by atomic mass is 127. The molecule has 3 rings (SSSR count). The molecule has 2 fully saturated rings. The van der Waals surface area contributed by atoms with Gasteiger partial charge < -0.3 is 15.5 Å². The van der Waals surface area contributed by atoms with Gasteiger partial charge in [0.1, 0.15) is 0 Å². The van der Waals surface area contributed by atoms with Crippen LogP contribution >= 0.6 is 47.1 Å². The number of nitrogens with zero attached hydrogens (tertiary/aromatic N) is 3. The summed E-state index contributed by atoms with van der Waals surface area (Å²) in [6.45, 7) is 6.15. The van der Waals surface area contributed by atoms with E-state index in [1.54, 1.807) is 11.3 Å². The third-order valence-electron chi connectivity index (χ3n) is 4.40. The normalized spacial score (nSPS) is 21.1. The lowest BCUT2D eigenvalue weighted by atomic mass is 10.2. The van der Waals surface area contributed by atoms with Gasteiger partial charge in [0.25, 0.3) is 0 Å². The first-order chi connectivity index (χ1) is 11.8. The molecule has 0 aliphatic carbocycles. The third kappa shape index (κ3) is 6.78. The molecule has 1 unspecified atom stereocenters. The van der Waals surface area contributed by atoms with Crippen molar-refractivity contribution < 1.29 is 0 Å². The van der Waals surface area contributed by atoms with E-state index in [1.165, 1.54) is 61.1 Å². The summed E-state index contributed by atoms with van der Waals surface area (Å²) in [6.07, 6.45) is 6.08. The van der Waals surface area contributed by atoms with Crippen LogP contribution in [0.15, 0.2) is 10.4 Å². The van der Waals surface area contributed by atoms with Crippen LogP contribution in [0.1, 0.15) is 38.3 Å². The number of rotatable bonds is 6. The first-order valence-electron chi connectivity index (χ1n) is 9.17. The Balaban J connectivity index is 0.00000225. The van der Waals surface area contributed by atoms with Gasteiger partial charge in [-0.15, -0.1) is 35.3 Å². The Bertz CT molecular complexity index is 525. The van der Waals surface area contributed by atoms with Crippen molar-refractivity contribution in [3.05, 3.63) is 11.1 Å². The van der Waals surface area contributed by atoms with Crippen LogP contribution in [0.5, 0.6) is 0 Å². The van der Waals surface area contributed by atoms with E-state index in [4.69, 9.17) is 9.98 Å². The van der Waals surface area contributed by atoms with E-state index in [-0.39, 0.29) is 24.0 Å². The van der Waals surface area contributed by atoms with Gasteiger partial charge in [0.05, 0.1) is 5.69 Å². The van der Waals surface area contributed by atoms with Crippen LogP contribution < -0.4 is 15.5 Å². The maximum atomic E-state index is 4.78. The molecule has 8 heteroatoms. The lowest BCUT2D eigenvalue weighted by Crippen LogP contribution is -2.45. The maximum Gasteiger partial charge on any atom is 0.191 e. The highest BCUT2D eigenvalue weighted by molar-refractivity contribution is 14.0. The molecule has 25 heavy (non-hydrogen) atoms. The van der Waals surface area contributed by atoms with Gasteiger partial charge in [-0.25, -0.2) is 4.98 Å². The molecule has 3 heterocycles. The first-order valence-corrected chi connectivity index (χ1v) is 11.2. The summed E-state index contributed by atoms with van der Waals surface area (Å²) in [5.41, 5.74) is 1.18. The standard InChI is InChI=1S/C17H29N5S2.HI/c1-2-18-16(20-14-6-5-11-23-12-14)19-8-7-15-13-24-17(21-15)22-9-3-4-10-22;/h13-14H,2-12H2,1H3,(H2,18,19,20);1H. The fraction of sp³-hybridized carbons (Fsp3) is 0.765. The molecule has 0 amide bonds. The molecule has 1 aromatic rings. The van der Waals surface area contributed by atoms with E-state index in [0.29, 0.717) is 6.04 Å².